The zero-order valence-electron chi connectivity index (χ0n) is 12.8. The number of rotatable bonds is 8. The van der Waals surface area contributed by atoms with Gasteiger partial charge in [0, 0.05) is 33.0 Å². The summed E-state index contributed by atoms with van der Waals surface area (Å²) in [6.45, 7) is 2.26. The van der Waals surface area contributed by atoms with Crippen molar-refractivity contribution in [2.24, 2.45) is 0 Å². The van der Waals surface area contributed by atoms with Crippen molar-refractivity contribution in [2.75, 3.05) is 46.3 Å². The Balaban J connectivity index is 2.12. The van der Waals surface area contributed by atoms with Gasteiger partial charge in [-0.1, -0.05) is 12.1 Å². The first-order valence-corrected chi connectivity index (χ1v) is 7.27. The van der Waals surface area contributed by atoms with Crippen molar-refractivity contribution in [3.8, 4) is 0 Å². The van der Waals surface area contributed by atoms with Crippen LogP contribution in [0.4, 0.5) is 5.69 Å². The van der Waals surface area contributed by atoms with Gasteiger partial charge in [-0.3, -0.25) is 4.79 Å². The van der Waals surface area contributed by atoms with E-state index in [0.717, 1.165) is 24.1 Å². The standard InChI is InChI=1S/C16H24N2O3/c1-20-11-9-18(10-12-21-2)15(19)16(7-8-16)13-3-5-14(17)6-4-13/h3-6H,7-12,17H2,1-2H3. The van der Waals surface area contributed by atoms with Crippen LogP contribution in [0.15, 0.2) is 24.3 Å². The molecule has 21 heavy (non-hydrogen) atoms. The molecule has 2 N–H and O–H groups in total. The molecule has 1 amide bonds. The third kappa shape index (κ3) is 3.54. The van der Waals surface area contributed by atoms with Gasteiger partial charge < -0.3 is 20.1 Å². The molecular weight excluding hydrogens is 268 g/mol. The molecule has 0 atom stereocenters. The predicted octanol–water partition coefficient (Wildman–Crippen LogP) is 1.42. The Kier molecular flexibility index (Phi) is 5.20. The van der Waals surface area contributed by atoms with Gasteiger partial charge >= 0.3 is 0 Å². The first kappa shape index (κ1) is 15.8. The van der Waals surface area contributed by atoms with Gasteiger partial charge in [-0.2, -0.15) is 0 Å². The summed E-state index contributed by atoms with van der Waals surface area (Å²) in [5, 5.41) is 0. The lowest BCUT2D eigenvalue weighted by atomic mass is 9.94. The summed E-state index contributed by atoms with van der Waals surface area (Å²) < 4.78 is 10.2. The van der Waals surface area contributed by atoms with Crippen LogP contribution >= 0.6 is 0 Å². The van der Waals surface area contributed by atoms with E-state index in [1.165, 1.54) is 0 Å². The number of nitrogens with zero attached hydrogens (tertiary/aromatic N) is 1. The number of benzene rings is 1. The van der Waals surface area contributed by atoms with E-state index < -0.39 is 0 Å². The number of carbonyl (C=O) groups is 1. The monoisotopic (exact) mass is 292 g/mol. The van der Waals surface area contributed by atoms with E-state index in [2.05, 4.69) is 0 Å². The highest BCUT2D eigenvalue weighted by atomic mass is 16.5. The van der Waals surface area contributed by atoms with Gasteiger partial charge in [0.05, 0.1) is 18.6 Å². The summed E-state index contributed by atoms with van der Waals surface area (Å²) in [4.78, 5) is 14.8. The second kappa shape index (κ2) is 6.91. The van der Waals surface area contributed by atoms with Crippen LogP contribution < -0.4 is 5.73 Å². The molecule has 116 valence electrons. The minimum Gasteiger partial charge on any atom is -0.399 e. The van der Waals surface area contributed by atoms with Crippen molar-refractivity contribution in [1.82, 2.24) is 4.90 Å². The molecule has 0 saturated heterocycles. The van der Waals surface area contributed by atoms with Crippen LogP contribution in [0.2, 0.25) is 0 Å². The van der Waals surface area contributed by atoms with Gasteiger partial charge in [0.15, 0.2) is 0 Å². The Morgan fingerprint density at radius 1 is 1.14 bits per heavy atom. The van der Waals surface area contributed by atoms with Crippen molar-refractivity contribution in [3.05, 3.63) is 29.8 Å². The Labute approximate surface area is 126 Å². The molecule has 1 aliphatic carbocycles. The SMILES string of the molecule is COCCN(CCOC)C(=O)C1(c2ccc(N)cc2)CC1. The molecule has 1 saturated carbocycles. The fraction of sp³-hybridized carbons (Fsp3) is 0.562. The maximum Gasteiger partial charge on any atom is 0.233 e. The van der Waals surface area contributed by atoms with E-state index >= 15 is 0 Å². The molecule has 5 heteroatoms. The van der Waals surface area contributed by atoms with E-state index in [0.29, 0.717) is 26.3 Å². The summed E-state index contributed by atoms with van der Waals surface area (Å²) in [6.07, 6.45) is 1.79. The number of hydrogen-bond acceptors (Lipinski definition) is 4. The average Bonchev–Trinajstić information content (AvgIpc) is 3.29. The molecule has 1 aliphatic rings. The summed E-state index contributed by atoms with van der Waals surface area (Å²) in [6, 6.07) is 7.64. The average molecular weight is 292 g/mol. The zero-order valence-corrected chi connectivity index (χ0v) is 12.8. The Morgan fingerprint density at radius 3 is 2.10 bits per heavy atom. The van der Waals surface area contributed by atoms with Gasteiger partial charge in [0.2, 0.25) is 5.91 Å². The molecule has 0 aromatic heterocycles. The third-order valence-electron chi connectivity index (χ3n) is 4.04. The second-order valence-electron chi connectivity index (χ2n) is 5.48. The summed E-state index contributed by atoms with van der Waals surface area (Å²) in [5.41, 5.74) is 7.14. The van der Waals surface area contributed by atoms with Crippen molar-refractivity contribution in [1.29, 1.82) is 0 Å². The molecule has 0 unspecified atom stereocenters. The Morgan fingerprint density at radius 2 is 1.67 bits per heavy atom. The van der Waals surface area contributed by atoms with Crippen LogP contribution in [0.5, 0.6) is 0 Å². The molecule has 0 radical (unpaired) electrons. The molecule has 1 aromatic rings. The number of nitrogen functional groups attached to an aromatic ring is 1. The Bertz CT molecular complexity index is 461. The van der Waals surface area contributed by atoms with Gasteiger partial charge in [-0.15, -0.1) is 0 Å². The molecule has 5 nitrogen and oxygen atoms in total. The van der Waals surface area contributed by atoms with Crippen molar-refractivity contribution < 1.29 is 14.3 Å². The number of methoxy groups -OCH3 is 2. The highest BCUT2D eigenvalue weighted by Crippen LogP contribution is 2.49. The normalized spacial score (nSPS) is 15.7. The highest BCUT2D eigenvalue weighted by Gasteiger charge is 2.52. The number of carbonyl (C=O) groups excluding carboxylic acids is 1. The number of amides is 1. The fourth-order valence-electron chi connectivity index (χ4n) is 2.57. The minimum absolute atomic E-state index is 0.168. The quantitative estimate of drug-likeness (QED) is 0.736. The second-order valence-corrected chi connectivity index (χ2v) is 5.48. The molecule has 0 bridgehead atoms. The van der Waals surface area contributed by atoms with Gasteiger partial charge in [-0.25, -0.2) is 0 Å². The van der Waals surface area contributed by atoms with E-state index in [1.54, 1.807) is 14.2 Å². The summed E-state index contributed by atoms with van der Waals surface area (Å²) >= 11 is 0. The first-order valence-electron chi connectivity index (χ1n) is 7.27. The molecule has 0 aliphatic heterocycles. The van der Waals surface area contributed by atoms with E-state index in [-0.39, 0.29) is 11.3 Å². The summed E-state index contributed by atoms with van der Waals surface area (Å²) in [7, 11) is 3.29. The van der Waals surface area contributed by atoms with Gasteiger partial charge in [0.1, 0.15) is 0 Å². The molecule has 0 spiro atoms. The van der Waals surface area contributed by atoms with E-state index in [4.69, 9.17) is 15.2 Å². The van der Waals surface area contributed by atoms with Crippen molar-refractivity contribution in [2.45, 2.75) is 18.3 Å². The lowest BCUT2D eigenvalue weighted by molar-refractivity contribution is -0.135. The molecule has 1 aromatic carbocycles. The zero-order chi connectivity index (χ0) is 15.3. The maximum atomic E-state index is 12.9. The van der Waals surface area contributed by atoms with Crippen LogP contribution in [-0.4, -0.2) is 51.3 Å². The summed E-state index contributed by atoms with van der Waals surface area (Å²) in [5.74, 6) is 0.168. The lowest BCUT2D eigenvalue weighted by Gasteiger charge is -2.27. The number of hydrogen-bond donors (Lipinski definition) is 1. The lowest BCUT2D eigenvalue weighted by Crippen LogP contribution is -2.42. The number of anilines is 1. The Hall–Kier alpha value is -1.59. The van der Waals surface area contributed by atoms with Crippen LogP contribution in [0.3, 0.4) is 0 Å². The largest absolute Gasteiger partial charge is 0.399 e. The molecule has 0 heterocycles. The fourth-order valence-corrected chi connectivity index (χ4v) is 2.57. The molecular formula is C16H24N2O3. The van der Waals surface area contributed by atoms with E-state index in [9.17, 15) is 4.79 Å². The van der Waals surface area contributed by atoms with Crippen LogP contribution in [0.25, 0.3) is 0 Å². The van der Waals surface area contributed by atoms with Crippen molar-refractivity contribution >= 4 is 11.6 Å². The number of ether oxygens (including phenoxy) is 2. The third-order valence-corrected chi connectivity index (χ3v) is 4.04. The maximum absolute atomic E-state index is 12.9. The number of nitrogens with two attached hydrogens (primary N) is 1. The molecule has 2 rings (SSSR count). The van der Waals surface area contributed by atoms with Crippen LogP contribution in [0, 0.1) is 0 Å². The smallest absolute Gasteiger partial charge is 0.233 e. The van der Waals surface area contributed by atoms with Crippen LogP contribution in [-0.2, 0) is 19.7 Å². The van der Waals surface area contributed by atoms with Crippen LogP contribution in [0.1, 0.15) is 18.4 Å². The predicted molar refractivity (Wildman–Crippen MR) is 82.1 cm³/mol. The first-order chi connectivity index (χ1) is 10.1. The van der Waals surface area contributed by atoms with Gasteiger partial charge in [-0.05, 0) is 30.5 Å². The van der Waals surface area contributed by atoms with Crippen molar-refractivity contribution in [3.63, 3.8) is 0 Å². The highest BCUT2D eigenvalue weighted by molar-refractivity contribution is 5.91. The molecule has 1 fully saturated rings. The topological polar surface area (TPSA) is 64.8 Å². The van der Waals surface area contributed by atoms with E-state index in [1.807, 2.05) is 29.2 Å². The van der Waals surface area contributed by atoms with Gasteiger partial charge in [0.25, 0.3) is 0 Å². The minimum atomic E-state index is -0.366.